The SMILES string of the molecule is N#Cc1nnn(Cc2cccc(F)c2)c1/C=C/c1ccccc1. The molecule has 0 unspecified atom stereocenters. The van der Waals surface area contributed by atoms with Crippen LogP contribution in [0.15, 0.2) is 54.6 Å². The van der Waals surface area contributed by atoms with Gasteiger partial charge in [0.2, 0.25) is 0 Å². The number of nitriles is 1. The third kappa shape index (κ3) is 3.50. The van der Waals surface area contributed by atoms with Crippen LogP contribution in [0.25, 0.3) is 12.2 Å². The largest absolute Gasteiger partial charge is 0.239 e. The van der Waals surface area contributed by atoms with E-state index in [4.69, 9.17) is 0 Å². The standard InChI is InChI=1S/C18H13FN4/c19-16-8-4-7-15(11-16)13-23-18(17(12-20)21-22-23)10-9-14-5-2-1-3-6-14/h1-11H,13H2/b10-9+. The first kappa shape index (κ1) is 14.7. The summed E-state index contributed by atoms with van der Waals surface area (Å²) in [5.41, 5.74) is 2.61. The Kier molecular flexibility index (Phi) is 4.25. The molecule has 0 aliphatic rings. The third-order valence-corrected chi connectivity index (χ3v) is 3.33. The first-order chi connectivity index (χ1) is 11.3. The second-order valence-corrected chi connectivity index (χ2v) is 4.97. The Morgan fingerprint density at radius 2 is 1.91 bits per heavy atom. The van der Waals surface area contributed by atoms with Crippen LogP contribution in [0.2, 0.25) is 0 Å². The predicted octanol–water partition coefficient (Wildman–Crippen LogP) is 3.51. The van der Waals surface area contributed by atoms with Crippen LogP contribution >= 0.6 is 0 Å². The van der Waals surface area contributed by atoms with E-state index in [1.807, 2.05) is 48.5 Å². The molecular weight excluding hydrogens is 291 g/mol. The lowest BCUT2D eigenvalue weighted by atomic mass is 10.2. The van der Waals surface area contributed by atoms with Crippen LogP contribution < -0.4 is 0 Å². The Hall–Kier alpha value is -3.26. The summed E-state index contributed by atoms with van der Waals surface area (Å²) in [6.45, 7) is 0.348. The highest BCUT2D eigenvalue weighted by atomic mass is 19.1. The van der Waals surface area contributed by atoms with E-state index in [0.29, 0.717) is 12.2 Å². The van der Waals surface area contributed by atoms with Gasteiger partial charge in [-0.15, -0.1) is 5.10 Å². The van der Waals surface area contributed by atoms with Gasteiger partial charge in [-0.05, 0) is 29.3 Å². The summed E-state index contributed by atoms with van der Waals surface area (Å²) in [4.78, 5) is 0. The lowest BCUT2D eigenvalue weighted by Gasteiger charge is -2.04. The summed E-state index contributed by atoms with van der Waals surface area (Å²) in [7, 11) is 0. The van der Waals surface area contributed by atoms with Crippen molar-refractivity contribution in [2.75, 3.05) is 0 Å². The maximum absolute atomic E-state index is 13.3. The topological polar surface area (TPSA) is 54.5 Å². The molecule has 2 aromatic carbocycles. The highest BCUT2D eigenvalue weighted by Gasteiger charge is 2.10. The first-order valence-corrected chi connectivity index (χ1v) is 7.07. The van der Waals surface area contributed by atoms with Crippen LogP contribution in [0.3, 0.4) is 0 Å². The molecule has 0 N–H and O–H groups in total. The highest BCUT2D eigenvalue weighted by molar-refractivity contribution is 5.70. The van der Waals surface area contributed by atoms with Crippen LogP contribution in [-0.2, 0) is 6.54 Å². The minimum absolute atomic E-state index is 0.244. The monoisotopic (exact) mass is 304 g/mol. The average molecular weight is 304 g/mol. The molecule has 0 spiro atoms. The summed E-state index contributed by atoms with van der Waals surface area (Å²) in [5, 5.41) is 17.0. The third-order valence-electron chi connectivity index (χ3n) is 3.33. The quantitative estimate of drug-likeness (QED) is 0.741. The van der Waals surface area contributed by atoms with Crippen molar-refractivity contribution in [3.05, 3.63) is 82.9 Å². The molecule has 3 rings (SSSR count). The fourth-order valence-corrected chi connectivity index (χ4v) is 2.23. The molecule has 112 valence electrons. The lowest BCUT2D eigenvalue weighted by molar-refractivity contribution is 0.613. The lowest BCUT2D eigenvalue weighted by Crippen LogP contribution is -2.04. The number of rotatable bonds is 4. The fraction of sp³-hybridized carbons (Fsp3) is 0.0556. The predicted molar refractivity (Wildman–Crippen MR) is 85.6 cm³/mol. The van der Waals surface area contributed by atoms with E-state index in [-0.39, 0.29) is 11.5 Å². The molecule has 4 nitrogen and oxygen atoms in total. The van der Waals surface area contributed by atoms with Gasteiger partial charge in [0, 0.05) is 0 Å². The number of nitrogens with zero attached hydrogens (tertiary/aromatic N) is 4. The molecule has 0 saturated heterocycles. The number of hydrogen-bond acceptors (Lipinski definition) is 3. The van der Waals surface area contributed by atoms with E-state index in [9.17, 15) is 9.65 Å². The number of hydrogen-bond donors (Lipinski definition) is 0. The highest BCUT2D eigenvalue weighted by Crippen LogP contribution is 2.13. The van der Waals surface area contributed by atoms with Crippen LogP contribution in [0.1, 0.15) is 22.5 Å². The Labute approximate surface area is 133 Å². The number of benzene rings is 2. The van der Waals surface area contributed by atoms with Gasteiger partial charge in [-0.1, -0.05) is 53.8 Å². The molecule has 0 radical (unpaired) electrons. The van der Waals surface area contributed by atoms with Crippen molar-refractivity contribution < 1.29 is 4.39 Å². The van der Waals surface area contributed by atoms with Crippen molar-refractivity contribution in [2.24, 2.45) is 0 Å². The zero-order valence-corrected chi connectivity index (χ0v) is 12.2. The normalized spacial score (nSPS) is 10.8. The summed E-state index contributed by atoms with van der Waals surface area (Å²) < 4.78 is 14.9. The smallest absolute Gasteiger partial charge is 0.190 e. The zero-order chi connectivity index (χ0) is 16.1. The van der Waals surface area contributed by atoms with Crippen LogP contribution in [-0.4, -0.2) is 15.0 Å². The van der Waals surface area contributed by atoms with E-state index < -0.39 is 0 Å². The minimum Gasteiger partial charge on any atom is -0.239 e. The van der Waals surface area contributed by atoms with E-state index in [0.717, 1.165) is 11.1 Å². The summed E-state index contributed by atoms with van der Waals surface area (Å²) in [6, 6.07) is 18.1. The van der Waals surface area contributed by atoms with Crippen molar-refractivity contribution in [2.45, 2.75) is 6.54 Å². The maximum atomic E-state index is 13.3. The molecule has 3 aromatic rings. The Balaban J connectivity index is 1.92. The van der Waals surface area contributed by atoms with Gasteiger partial charge in [0.05, 0.1) is 12.2 Å². The van der Waals surface area contributed by atoms with Crippen LogP contribution in [0.4, 0.5) is 4.39 Å². The molecule has 1 aromatic heterocycles. The molecule has 0 bridgehead atoms. The molecule has 0 aliphatic carbocycles. The Morgan fingerprint density at radius 3 is 2.65 bits per heavy atom. The van der Waals surface area contributed by atoms with Gasteiger partial charge in [-0.25, -0.2) is 9.07 Å². The van der Waals surface area contributed by atoms with Crippen LogP contribution in [0, 0.1) is 17.1 Å². The van der Waals surface area contributed by atoms with Gasteiger partial charge in [0.15, 0.2) is 5.69 Å². The van der Waals surface area contributed by atoms with E-state index in [1.165, 1.54) is 12.1 Å². The van der Waals surface area contributed by atoms with Crippen molar-refractivity contribution in [3.63, 3.8) is 0 Å². The average Bonchev–Trinajstić information content (AvgIpc) is 2.95. The van der Waals surface area contributed by atoms with Gasteiger partial charge < -0.3 is 0 Å². The van der Waals surface area contributed by atoms with Crippen molar-refractivity contribution in [1.29, 1.82) is 5.26 Å². The second-order valence-electron chi connectivity index (χ2n) is 4.97. The van der Waals surface area contributed by atoms with Crippen molar-refractivity contribution in [1.82, 2.24) is 15.0 Å². The Bertz CT molecular complexity index is 876. The Morgan fingerprint density at radius 1 is 1.09 bits per heavy atom. The fourth-order valence-electron chi connectivity index (χ4n) is 2.23. The molecule has 1 heterocycles. The molecule has 0 aliphatic heterocycles. The van der Waals surface area contributed by atoms with Crippen molar-refractivity contribution in [3.8, 4) is 6.07 Å². The summed E-state index contributed by atoms with van der Waals surface area (Å²) in [5.74, 6) is -0.301. The first-order valence-electron chi connectivity index (χ1n) is 7.07. The van der Waals surface area contributed by atoms with Gasteiger partial charge in [0.25, 0.3) is 0 Å². The molecule has 23 heavy (non-hydrogen) atoms. The van der Waals surface area contributed by atoms with E-state index >= 15 is 0 Å². The van der Waals surface area contributed by atoms with Crippen molar-refractivity contribution >= 4 is 12.2 Å². The summed E-state index contributed by atoms with van der Waals surface area (Å²) >= 11 is 0. The van der Waals surface area contributed by atoms with Gasteiger partial charge >= 0.3 is 0 Å². The van der Waals surface area contributed by atoms with Crippen LogP contribution in [0.5, 0.6) is 0 Å². The van der Waals surface area contributed by atoms with Gasteiger partial charge in [-0.3, -0.25) is 0 Å². The maximum Gasteiger partial charge on any atom is 0.190 e. The molecular formula is C18H13FN4. The number of aromatic nitrogens is 3. The number of halogens is 1. The molecule has 0 atom stereocenters. The van der Waals surface area contributed by atoms with Gasteiger partial charge in [0.1, 0.15) is 11.9 Å². The van der Waals surface area contributed by atoms with E-state index in [1.54, 1.807) is 16.8 Å². The molecule has 5 heteroatoms. The second kappa shape index (κ2) is 6.67. The summed E-state index contributed by atoms with van der Waals surface area (Å²) in [6.07, 6.45) is 3.69. The zero-order valence-electron chi connectivity index (χ0n) is 12.2. The molecule has 0 saturated carbocycles. The molecule has 0 fully saturated rings. The minimum atomic E-state index is -0.301. The molecule has 0 amide bonds. The van der Waals surface area contributed by atoms with E-state index in [2.05, 4.69) is 10.3 Å². The van der Waals surface area contributed by atoms with Gasteiger partial charge in [-0.2, -0.15) is 5.26 Å².